The van der Waals surface area contributed by atoms with Crippen LogP contribution < -0.4 is 0 Å². The number of halogens is 2. The number of sulfone groups is 1. The molecule has 4 nitrogen and oxygen atoms in total. The molecule has 7 heteroatoms. The molecule has 0 atom stereocenters. The van der Waals surface area contributed by atoms with Crippen molar-refractivity contribution in [3.8, 4) is 0 Å². The van der Waals surface area contributed by atoms with Crippen molar-refractivity contribution >= 4 is 31.7 Å². The first-order valence-corrected chi connectivity index (χ1v) is 8.02. The zero-order valence-corrected chi connectivity index (χ0v) is 13.2. The fourth-order valence-corrected chi connectivity index (χ4v) is 3.59. The number of hydrogen-bond acceptors (Lipinski definition) is 4. The molecule has 0 aliphatic heterocycles. The Morgan fingerprint density at radius 2 is 1.90 bits per heavy atom. The molecular formula is C14H10BrFO4S. The van der Waals surface area contributed by atoms with Gasteiger partial charge in [-0.3, -0.25) is 0 Å². The Kier molecular flexibility index (Phi) is 4.43. The van der Waals surface area contributed by atoms with Crippen LogP contribution in [0.1, 0.15) is 10.4 Å². The largest absolute Gasteiger partial charge is 0.465 e. The van der Waals surface area contributed by atoms with E-state index in [9.17, 15) is 17.6 Å². The molecule has 0 bridgehead atoms. The fraction of sp³-hybridized carbons (Fsp3) is 0.0714. The molecule has 2 aromatic carbocycles. The van der Waals surface area contributed by atoms with E-state index in [1.165, 1.54) is 30.3 Å². The minimum absolute atomic E-state index is 0.115. The Bertz CT molecular complexity index is 802. The number of rotatable bonds is 3. The van der Waals surface area contributed by atoms with Gasteiger partial charge in [0.05, 0.1) is 22.5 Å². The Labute approximate surface area is 129 Å². The van der Waals surface area contributed by atoms with Gasteiger partial charge in [-0.2, -0.15) is 0 Å². The summed E-state index contributed by atoms with van der Waals surface area (Å²) in [7, 11) is -2.87. The normalized spacial score (nSPS) is 11.2. The van der Waals surface area contributed by atoms with Crippen molar-refractivity contribution in [1.82, 2.24) is 0 Å². The van der Waals surface area contributed by atoms with Gasteiger partial charge in [-0.05, 0) is 36.4 Å². The molecule has 2 rings (SSSR count). The lowest BCUT2D eigenvalue weighted by atomic mass is 10.2. The molecule has 2 aromatic rings. The summed E-state index contributed by atoms with van der Waals surface area (Å²) in [5, 5.41) is 0. The summed E-state index contributed by atoms with van der Waals surface area (Å²) in [4.78, 5) is 11.3. The highest BCUT2D eigenvalue weighted by molar-refractivity contribution is 9.10. The van der Waals surface area contributed by atoms with Crippen LogP contribution in [0, 0.1) is 5.82 Å². The smallest absolute Gasteiger partial charge is 0.339 e. The van der Waals surface area contributed by atoms with Crippen LogP contribution in [0.15, 0.2) is 56.7 Å². The number of carbonyl (C=O) groups is 1. The maximum Gasteiger partial charge on any atom is 0.339 e. The number of hydrogen-bond donors (Lipinski definition) is 0. The number of methoxy groups -OCH3 is 1. The van der Waals surface area contributed by atoms with Crippen molar-refractivity contribution in [2.75, 3.05) is 7.11 Å². The molecule has 0 aliphatic rings. The third kappa shape index (κ3) is 3.14. The van der Waals surface area contributed by atoms with E-state index in [4.69, 9.17) is 0 Å². The van der Waals surface area contributed by atoms with Crippen LogP contribution in [-0.2, 0) is 14.6 Å². The third-order valence-corrected chi connectivity index (χ3v) is 5.05. The van der Waals surface area contributed by atoms with Gasteiger partial charge in [-0.15, -0.1) is 0 Å². The number of benzene rings is 2. The highest BCUT2D eigenvalue weighted by Gasteiger charge is 2.25. The van der Waals surface area contributed by atoms with Crippen molar-refractivity contribution in [3.05, 3.63) is 58.3 Å². The van der Waals surface area contributed by atoms with Crippen LogP contribution in [0.2, 0.25) is 0 Å². The first-order chi connectivity index (χ1) is 9.86. The predicted octanol–water partition coefficient (Wildman–Crippen LogP) is 3.21. The molecule has 0 spiro atoms. The maximum atomic E-state index is 13.2. The molecule has 0 saturated heterocycles. The average Bonchev–Trinajstić information content (AvgIpc) is 2.46. The summed E-state index contributed by atoms with van der Waals surface area (Å²) in [6.45, 7) is 0. The fourth-order valence-electron chi connectivity index (χ4n) is 1.77. The van der Waals surface area contributed by atoms with Gasteiger partial charge in [-0.25, -0.2) is 17.6 Å². The quantitative estimate of drug-likeness (QED) is 0.776. The van der Waals surface area contributed by atoms with E-state index in [2.05, 4.69) is 20.7 Å². The molecule has 0 radical (unpaired) electrons. The topological polar surface area (TPSA) is 60.4 Å². The van der Waals surface area contributed by atoms with Gasteiger partial charge in [0.2, 0.25) is 9.84 Å². The van der Waals surface area contributed by atoms with E-state index >= 15 is 0 Å². The summed E-state index contributed by atoms with van der Waals surface area (Å²) < 4.78 is 43.5. The van der Waals surface area contributed by atoms with E-state index in [1.54, 1.807) is 0 Å². The molecule has 0 heterocycles. The van der Waals surface area contributed by atoms with Gasteiger partial charge in [0.15, 0.2) is 0 Å². The first-order valence-electron chi connectivity index (χ1n) is 5.75. The predicted molar refractivity (Wildman–Crippen MR) is 77.3 cm³/mol. The van der Waals surface area contributed by atoms with Crippen LogP contribution in [0.25, 0.3) is 0 Å². The van der Waals surface area contributed by atoms with Crippen molar-refractivity contribution < 1.29 is 22.3 Å². The van der Waals surface area contributed by atoms with Crippen LogP contribution in [0.3, 0.4) is 0 Å². The second-order valence-electron chi connectivity index (χ2n) is 4.09. The Balaban J connectivity index is 2.68. The van der Waals surface area contributed by atoms with Crippen molar-refractivity contribution in [2.24, 2.45) is 0 Å². The second kappa shape index (κ2) is 5.95. The molecule has 0 N–H and O–H groups in total. The molecule has 0 amide bonds. The molecule has 110 valence electrons. The van der Waals surface area contributed by atoms with Crippen molar-refractivity contribution in [3.63, 3.8) is 0 Å². The lowest BCUT2D eigenvalue weighted by molar-refractivity contribution is 0.0596. The Morgan fingerprint density at radius 1 is 1.19 bits per heavy atom. The van der Waals surface area contributed by atoms with Crippen molar-refractivity contribution in [1.29, 1.82) is 0 Å². The van der Waals surface area contributed by atoms with Crippen molar-refractivity contribution in [2.45, 2.75) is 9.79 Å². The van der Waals surface area contributed by atoms with Crippen LogP contribution in [0.4, 0.5) is 4.39 Å². The summed E-state index contributed by atoms with van der Waals surface area (Å²) in [5.41, 5.74) is -0.115. The Morgan fingerprint density at radius 3 is 2.52 bits per heavy atom. The molecule has 0 aliphatic carbocycles. The minimum Gasteiger partial charge on any atom is -0.465 e. The molecule has 0 fully saturated rings. The monoisotopic (exact) mass is 372 g/mol. The van der Waals surface area contributed by atoms with E-state index < -0.39 is 21.6 Å². The molecule has 0 aromatic heterocycles. The summed E-state index contributed by atoms with van der Waals surface area (Å²) in [5.74, 6) is -1.46. The standard InChI is InChI=1S/C14H10BrFO4S/c1-20-14(17)12-7-9(15)5-6-13(12)21(18,19)11-4-2-3-10(16)8-11/h2-8H,1H3. The van der Waals surface area contributed by atoms with E-state index in [1.807, 2.05) is 0 Å². The van der Waals surface area contributed by atoms with Gasteiger partial charge in [0.25, 0.3) is 0 Å². The highest BCUT2D eigenvalue weighted by Crippen LogP contribution is 2.27. The summed E-state index contributed by atoms with van der Waals surface area (Å²) >= 11 is 3.17. The number of esters is 1. The molecule has 0 saturated carbocycles. The maximum absolute atomic E-state index is 13.2. The lowest BCUT2D eigenvalue weighted by Crippen LogP contribution is -2.11. The number of carbonyl (C=O) groups excluding carboxylic acids is 1. The summed E-state index contributed by atoms with van der Waals surface area (Å²) in [6, 6.07) is 8.70. The molecule has 21 heavy (non-hydrogen) atoms. The summed E-state index contributed by atoms with van der Waals surface area (Å²) in [6.07, 6.45) is 0. The van der Waals surface area contributed by atoms with Gasteiger partial charge < -0.3 is 4.74 Å². The van der Waals surface area contributed by atoms with Gasteiger partial charge in [0.1, 0.15) is 5.82 Å². The second-order valence-corrected chi connectivity index (χ2v) is 6.93. The lowest BCUT2D eigenvalue weighted by Gasteiger charge is -2.10. The van der Waals surface area contributed by atoms with Crippen LogP contribution >= 0.6 is 15.9 Å². The van der Waals surface area contributed by atoms with Gasteiger partial charge in [-0.1, -0.05) is 22.0 Å². The molecule has 0 unspecified atom stereocenters. The Hall–Kier alpha value is -1.73. The average molecular weight is 373 g/mol. The zero-order valence-electron chi connectivity index (χ0n) is 10.8. The number of ether oxygens (including phenoxy) is 1. The van der Waals surface area contributed by atoms with E-state index in [-0.39, 0.29) is 15.4 Å². The van der Waals surface area contributed by atoms with E-state index in [0.717, 1.165) is 19.2 Å². The van der Waals surface area contributed by atoms with Crippen LogP contribution in [-0.4, -0.2) is 21.5 Å². The molecular weight excluding hydrogens is 363 g/mol. The van der Waals surface area contributed by atoms with Gasteiger partial charge >= 0.3 is 5.97 Å². The minimum atomic E-state index is -4.03. The van der Waals surface area contributed by atoms with E-state index in [0.29, 0.717) is 4.47 Å². The SMILES string of the molecule is COC(=O)c1cc(Br)ccc1S(=O)(=O)c1cccc(F)c1. The van der Waals surface area contributed by atoms with Crippen LogP contribution in [0.5, 0.6) is 0 Å². The zero-order chi connectivity index (χ0) is 15.6. The van der Waals surface area contributed by atoms with Gasteiger partial charge in [0, 0.05) is 4.47 Å². The highest BCUT2D eigenvalue weighted by atomic mass is 79.9. The first kappa shape index (κ1) is 15.7. The third-order valence-electron chi connectivity index (χ3n) is 2.74.